The van der Waals surface area contributed by atoms with Crippen molar-refractivity contribution < 1.29 is 19.8 Å². The van der Waals surface area contributed by atoms with Gasteiger partial charge in [-0.05, 0) is 5.56 Å². The summed E-state index contributed by atoms with van der Waals surface area (Å²) in [6.07, 6.45) is 1.20. The van der Waals surface area contributed by atoms with E-state index in [1.165, 1.54) is 23.6 Å². The zero-order valence-electron chi connectivity index (χ0n) is 14.4. The molecule has 0 unspecified atom stereocenters. The molecule has 3 aromatic rings. The number of aromatic nitrogens is 2. The molecule has 0 aliphatic heterocycles. The molecule has 0 bridgehead atoms. The molecule has 0 saturated carbocycles. The number of nitrogens with one attached hydrogen (secondary N) is 1. The molecule has 8 nitrogen and oxygen atoms in total. The molecule has 2 heterocycles. The van der Waals surface area contributed by atoms with Crippen LogP contribution in [0, 0.1) is 11.3 Å². The number of hydrogen-bond donors (Lipinski definition) is 3. The van der Waals surface area contributed by atoms with Gasteiger partial charge in [0.15, 0.2) is 6.04 Å². The summed E-state index contributed by atoms with van der Waals surface area (Å²) in [7, 11) is 0. The Morgan fingerprint density at radius 3 is 2.68 bits per heavy atom. The molecule has 9 heteroatoms. The van der Waals surface area contributed by atoms with E-state index in [9.17, 15) is 19.8 Å². The maximum atomic E-state index is 12.3. The minimum Gasteiger partial charge on any atom is -0.506 e. The molecule has 140 valence electrons. The molecular weight excluding hydrogens is 380 g/mol. The Morgan fingerprint density at radius 2 is 2.04 bits per heavy atom. The monoisotopic (exact) mass is 394 g/mol. The van der Waals surface area contributed by atoms with Gasteiger partial charge in [0.05, 0.1) is 17.7 Å². The van der Waals surface area contributed by atoms with Gasteiger partial charge in [-0.15, -0.1) is 11.3 Å². The van der Waals surface area contributed by atoms with Crippen LogP contribution in [-0.4, -0.2) is 32.1 Å². The van der Waals surface area contributed by atoms with Crippen molar-refractivity contribution in [2.45, 2.75) is 12.5 Å². The normalized spacial score (nSPS) is 11.4. The lowest BCUT2D eigenvalue weighted by atomic mass is 10.1. The van der Waals surface area contributed by atoms with Crippen LogP contribution in [0.2, 0.25) is 0 Å². The number of aliphatic carboxylic acids is 1. The molecule has 0 spiro atoms. The molecule has 1 atom stereocenters. The van der Waals surface area contributed by atoms with Crippen molar-refractivity contribution in [1.29, 1.82) is 5.26 Å². The summed E-state index contributed by atoms with van der Waals surface area (Å²) in [6, 6.07) is 10.4. The van der Waals surface area contributed by atoms with E-state index in [0.717, 1.165) is 0 Å². The third-order valence-corrected chi connectivity index (χ3v) is 4.68. The van der Waals surface area contributed by atoms with Crippen LogP contribution in [0.15, 0.2) is 48.0 Å². The number of nitrogens with zero attached hydrogens (tertiary/aromatic N) is 3. The smallest absolute Gasteiger partial charge is 0.330 e. The highest BCUT2D eigenvalue weighted by Crippen LogP contribution is 2.30. The third-order valence-electron chi connectivity index (χ3n) is 3.78. The van der Waals surface area contributed by atoms with E-state index < -0.39 is 17.9 Å². The number of carbonyl (C=O) groups excluding carboxylic acids is 1. The van der Waals surface area contributed by atoms with Crippen molar-refractivity contribution in [3.8, 4) is 22.5 Å². The first-order chi connectivity index (χ1) is 13.5. The molecular formula is C19H14N4O4S. The number of amides is 1. The summed E-state index contributed by atoms with van der Waals surface area (Å²) in [5.41, 5.74) is 1.32. The van der Waals surface area contributed by atoms with Crippen molar-refractivity contribution >= 4 is 23.2 Å². The SMILES string of the molecule is N#Cc1cnc(-c2nc(CC(=O)N[C@H](C(=O)O)c3ccccc3)cs2)c(O)c1. The van der Waals surface area contributed by atoms with Gasteiger partial charge < -0.3 is 15.5 Å². The van der Waals surface area contributed by atoms with Crippen LogP contribution in [-0.2, 0) is 16.0 Å². The quantitative estimate of drug-likeness (QED) is 0.583. The van der Waals surface area contributed by atoms with Crippen LogP contribution >= 0.6 is 11.3 Å². The Balaban J connectivity index is 1.72. The minimum atomic E-state index is -1.16. The van der Waals surface area contributed by atoms with Crippen molar-refractivity contribution in [2.24, 2.45) is 0 Å². The van der Waals surface area contributed by atoms with Gasteiger partial charge in [0.25, 0.3) is 0 Å². The highest BCUT2D eigenvalue weighted by Gasteiger charge is 2.22. The Kier molecular flexibility index (Phi) is 5.62. The number of carbonyl (C=O) groups is 2. The van der Waals surface area contributed by atoms with Gasteiger partial charge in [-0.2, -0.15) is 5.26 Å². The van der Waals surface area contributed by atoms with Gasteiger partial charge in [-0.25, -0.2) is 14.8 Å². The second-order valence-corrected chi connectivity index (χ2v) is 6.63. The lowest BCUT2D eigenvalue weighted by Crippen LogP contribution is -2.34. The van der Waals surface area contributed by atoms with Gasteiger partial charge >= 0.3 is 5.97 Å². The average molecular weight is 394 g/mol. The van der Waals surface area contributed by atoms with Crippen molar-refractivity contribution in [1.82, 2.24) is 15.3 Å². The second kappa shape index (κ2) is 8.28. The van der Waals surface area contributed by atoms with E-state index in [0.29, 0.717) is 16.3 Å². The molecule has 2 aromatic heterocycles. The van der Waals surface area contributed by atoms with Crippen LogP contribution in [0.3, 0.4) is 0 Å². The molecule has 1 aromatic carbocycles. The lowest BCUT2D eigenvalue weighted by molar-refractivity contribution is -0.142. The summed E-state index contributed by atoms with van der Waals surface area (Å²) < 4.78 is 0. The lowest BCUT2D eigenvalue weighted by Gasteiger charge is -2.14. The number of rotatable bonds is 6. The number of hydrogen-bond acceptors (Lipinski definition) is 7. The van der Waals surface area contributed by atoms with E-state index >= 15 is 0 Å². The molecule has 3 N–H and O–H groups in total. The number of aromatic hydroxyl groups is 1. The molecule has 0 radical (unpaired) electrons. The number of thiazole rings is 1. The highest BCUT2D eigenvalue weighted by molar-refractivity contribution is 7.13. The number of pyridine rings is 1. The topological polar surface area (TPSA) is 136 Å². The maximum absolute atomic E-state index is 12.3. The van der Waals surface area contributed by atoms with Gasteiger partial charge in [-0.1, -0.05) is 30.3 Å². The summed E-state index contributed by atoms with van der Waals surface area (Å²) in [5.74, 6) is -1.84. The highest BCUT2D eigenvalue weighted by atomic mass is 32.1. The zero-order valence-corrected chi connectivity index (χ0v) is 15.2. The van der Waals surface area contributed by atoms with E-state index in [1.54, 1.807) is 35.7 Å². The minimum absolute atomic E-state index is 0.121. The van der Waals surface area contributed by atoms with Crippen LogP contribution in [0.5, 0.6) is 5.75 Å². The van der Waals surface area contributed by atoms with Crippen molar-refractivity contribution in [3.05, 3.63) is 64.8 Å². The Hall–Kier alpha value is -3.77. The fourth-order valence-corrected chi connectivity index (χ4v) is 3.31. The van der Waals surface area contributed by atoms with Crippen LogP contribution in [0.25, 0.3) is 10.7 Å². The molecule has 3 rings (SSSR count). The maximum Gasteiger partial charge on any atom is 0.330 e. The summed E-state index contributed by atoms with van der Waals surface area (Å²) in [4.78, 5) is 32.1. The Labute approximate surface area is 163 Å². The average Bonchev–Trinajstić information content (AvgIpc) is 3.14. The van der Waals surface area contributed by atoms with E-state index in [1.807, 2.05) is 6.07 Å². The largest absolute Gasteiger partial charge is 0.506 e. The van der Waals surface area contributed by atoms with Crippen molar-refractivity contribution in [2.75, 3.05) is 0 Å². The van der Waals surface area contributed by atoms with E-state index in [-0.39, 0.29) is 23.4 Å². The fraction of sp³-hybridized carbons (Fsp3) is 0.105. The summed E-state index contributed by atoms with van der Waals surface area (Å²) in [5, 5.41) is 32.7. The van der Waals surface area contributed by atoms with Crippen LogP contribution < -0.4 is 5.32 Å². The van der Waals surface area contributed by atoms with E-state index in [4.69, 9.17) is 5.26 Å². The van der Waals surface area contributed by atoms with E-state index in [2.05, 4.69) is 15.3 Å². The molecule has 0 fully saturated rings. The fourth-order valence-electron chi connectivity index (χ4n) is 2.49. The van der Waals surface area contributed by atoms with Gasteiger partial charge in [-0.3, -0.25) is 4.79 Å². The molecule has 0 aliphatic rings. The number of carboxylic acid groups (broad SMARTS) is 1. The molecule has 0 saturated heterocycles. The molecule has 0 aliphatic carbocycles. The first-order valence-electron chi connectivity index (χ1n) is 8.09. The van der Waals surface area contributed by atoms with Gasteiger partial charge in [0.1, 0.15) is 22.5 Å². The summed E-state index contributed by atoms with van der Waals surface area (Å²) in [6.45, 7) is 0. The zero-order chi connectivity index (χ0) is 20.1. The van der Waals surface area contributed by atoms with Gasteiger partial charge in [0.2, 0.25) is 5.91 Å². The van der Waals surface area contributed by atoms with Crippen LogP contribution in [0.1, 0.15) is 22.9 Å². The second-order valence-electron chi connectivity index (χ2n) is 5.77. The number of carboxylic acids is 1. The molecule has 1 amide bonds. The first kappa shape index (κ1) is 19.0. The third kappa shape index (κ3) is 4.31. The molecule has 28 heavy (non-hydrogen) atoms. The predicted molar refractivity (Wildman–Crippen MR) is 100 cm³/mol. The Morgan fingerprint density at radius 1 is 1.29 bits per heavy atom. The predicted octanol–water partition coefficient (Wildman–Crippen LogP) is 2.27. The first-order valence-corrected chi connectivity index (χ1v) is 8.97. The summed E-state index contributed by atoms with van der Waals surface area (Å²) >= 11 is 1.18. The number of benzene rings is 1. The standard InChI is InChI=1S/C19H14N4O4S/c20-8-11-6-14(24)17(21-9-11)18-22-13(10-28-18)7-15(25)23-16(19(26)27)12-4-2-1-3-5-12/h1-6,9-10,16,24H,7H2,(H,23,25)(H,26,27)/t16-/m0/s1. The Bertz CT molecular complexity index is 1060. The number of nitriles is 1. The van der Waals surface area contributed by atoms with Gasteiger partial charge in [0, 0.05) is 17.6 Å². The van der Waals surface area contributed by atoms with Crippen LogP contribution in [0.4, 0.5) is 0 Å². The van der Waals surface area contributed by atoms with Crippen molar-refractivity contribution in [3.63, 3.8) is 0 Å².